The molecule has 0 aromatic heterocycles. The fourth-order valence-corrected chi connectivity index (χ4v) is 3.84. The molecule has 1 saturated carbocycles. The summed E-state index contributed by atoms with van der Waals surface area (Å²) >= 11 is 9.35. The van der Waals surface area contributed by atoms with Crippen LogP contribution >= 0.6 is 27.5 Å². The monoisotopic (exact) mass is 452 g/mol. The van der Waals surface area contributed by atoms with Crippen LogP contribution in [0.3, 0.4) is 0 Å². The predicted molar refractivity (Wildman–Crippen MR) is 106 cm³/mol. The smallest absolute Gasteiger partial charge is 0.252 e. The van der Waals surface area contributed by atoms with Gasteiger partial charge in [-0.15, -0.1) is 0 Å². The van der Waals surface area contributed by atoms with E-state index in [1.54, 1.807) is 0 Å². The van der Waals surface area contributed by atoms with E-state index in [0.29, 0.717) is 0 Å². The third-order valence-electron chi connectivity index (χ3n) is 4.78. The summed E-state index contributed by atoms with van der Waals surface area (Å²) in [4.78, 5) is 24.5. The summed E-state index contributed by atoms with van der Waals surface area (Å²) in [6.45, 7) is 0.174. The van der Waals surface area contributed by atoms with Crippen molar-refractivity contribution in [1.82, 2.24) is 10.6 Å². The topological polar surface area (TPSA) is 58.2 Å². The molecule has 142 valence electrons. The first kappa shape index (κ1) is 19.8. The summed E-state index contributed by atoms with van der Waals surface area (Å²) in [5, 5.41) is 5.81. The quantitative estimate of drug-likeness (QED) is 0.674. The number of rotatable bonds is 6. The number of halogens is 3. The van der Waals surface area contributed by atoms with E-state index in [1.807, 2.05) is 24.3 Å². The molecule has 2 amide bonds. The van der Waals surface area contributed by atoms with Crippen LogP contribution in [0.1, 0.15) is 41.6 Å². The SMILES string of the molecule is O=C(CCNC(=O)c1ccc(F)cc1Cl)NC1(c2cccc(Br)c2)CCC1. The summed E-state index contributed by atoms with van der Waals surface area (Å²) < 4.78 is 14.0. The van der Waals surface area contributed by atoms with Crippen molar-refractivity contribution < 1.29 is 14.0 Å². The molecule has 0 aliphatic heterocycles. The summed E-state index contributed by atoms with van der Waals surface area (Å²) in [5.74, 6) is -1.06. The molecule has 27 heavy (non-hydrogen) atoms. The number of hydrogen-bond donors (Lipinski definition) is 2. The molecule has 0 heterocycles. The standard InChI is InChI=1S/C20H19BrClFN2O2/c21-14-4-1-3-13(11-14)20(8-2-9-20)25-18(26)7-10-24-19(27)16-6-5-15(23)12-17(16)22/h1,3-6,11-12H,2,7-10H2,(H,24,27)(H,25,26). The van der Waals surface area contributed by atoms with E-state index in [9.17, 15) is 14.0 Å². The van der Waals surface area contributed by atoms with E-state index in [1.165, 1.54) is 12.1 Å². The molecule has 0 unspecified atom stereocenters. The van der Waals surface area contributed by atoms with E-state index in [0.717, 1.165) is 35.4 Å². The predicted octanol–water partition coefficient (Wildman–Crippen LogP) is 4.56. The lowest BCUT2D eigenvalue weighted by Gasteiger charge is -2.43. The van der Waals surface area contributed by atoms with E-state index in [4.69, 9.17) is 11.6 Å². The molecule has 0 saturated heterocycles. The fraction of sp³-hybridized carbons (Fsp3) is 0.300. The second kappa shape index (κ2) is 8.40. The average molecular weight is 454 g/mol. The van der Waals surface area contributed by atoms with Crippen LogP contribution in [0.5, 0.6) is 0 Å². The van der Waals surface area contributed by atoms with Gasteiger partial charge >= 0.3 is 0 Å². The van der Waals surface area contributed by atoms with Gasteiger partial charge in [0.1, 0.15) is 5.82 Å². The maximum atomic E-state index is 13.1. The van der Waals surface area contributed by atoms with Crippen LogP contribution in [0.2, 0.25) is 5.02 Å². The Balaban J connectivity index is 1.54. The molecule has 1 aliphatic rings. The van der Waals surface area contributed by atoms with Crippen molar-refractivity contribution in [2.45, 2.75) is 31.2 Å². The van der Waals surface area contributed by atoms with Gasteiger partial charge in [0.15, 0.2) is 0 Å². The Kier molecular flexibility index (Phi) is 6.17. The van der Waals surface area contributed by atoms with Crippen molar-refractivity contribution in [3.63, 3.8) is 0 Å². The highest BCUT2D eigenvalue weighted by molar-refractivity contribution is 9.10. The first-order valence-electron chi connectivity index (χ1n) is 8.70. The van der Waals surface area contributed by atoms with Gasteiger partial charge < -0.3 is 10.6 Å². The summed E-state index contributed by atoms with van der Waals surface area (Å²) in [6, 6.07) is 11.5. The van der Waals surface area contributed by atoms with Crippen LogP contribution in [-0.4, -0.2) is 18.4 Å². The lowest BCUT2D eigenvalue weighted by atomic mass is 9.71. The van der Waals surface area contributed by atoms with Crippen molar-refractivity contribution in [3.8, 4) is 0 Å². The molecule has 3 rings (SSSR count). The summed E-state index contributed by atoms with van der Waals surface area (Å²) in [7, 11) is 0. The van der Waals surface area contributed by atoms with Crippen molar-refractivity contribution in [1.29, 1.82) is 0 Å². The van der Waals surface area contributed by atoms with Gasteiger partial charge in [-0.3, -0.25) is 9.59 Å². The van der Waals surface area contributed by atoms with Gasteiger partial charge in [0, 0.05) is 17.4 Å². The molecule has 1 fully saturated rings. The van der Waals surface area contributed by atoms with E-state index in [2.05, 4.69) is 26.6 Å². The fourth-order valence-electron chi connectivity index (χ4n) is 3.19. The van der Waals surface area contributed by atoms with Gasteiger partial charge in [-0.1, -0.05) is 39.7 Å². The zero-order chi connectivity index (χ0) is 19.4. The van der Waals surface area contributed by atoms with Crippen LogP contribution < -0.4 is 10.6 Å². The normalized spacial score (nSPS) is 14.9. The molecule has 4 nitrogen and oxygen atoms in total. The summed E-state index contributed by atoms with van der Waals surface area (Å²) in [6.07, 6.45) is 3.01. The molecule has 2 aromatic rings. The molecule has 0 atom stereocenters. The van der Waals surface area contributed by atoms with Crippen LogP contribution in [0, 0.1) is 5.82 Å². The molecule has 1 aliphatic carbocycles. The van der Waals surface area contributed by atoms with Gasteiger partial charge in [0.25, 0.3) is 5.91 Å². The molecular formula is C20H19BrClFN2O2. The third-order valence-corrected chi connectivity index (χ3v) is 5.58. The minimum Gasteiger partial charge on any atom is -0.351 e. The maximum absolute atomic E-state index is 13.1. The number of carbonyl (C=O) groups is 2. The highest BCUT2D eigenvalue weighted by Gasteiger charge is 2.39. The Hall–Kier alpha value is -1.92. The zero-order valence-electron chi connectivity index (χ0n) is 14.5. The largest absolute Gasteiger partial charge is 0.351 e. The number of carbonyl (C=O) groups excluding carboxylic acids is 2. The van der Waals surface area contributed by atoms with Crippen molar-refractivity contribution in [2.24, 2.45) is 0 Å². The first-order chi connectivity index (χ1) is 12.9. The number of hydrogen-bond acceptors (Lipinski definition) is 2. The lowest BCUT2D eigenvalue weighted by molar-refractivity contribution is -0.124. The Morgan fingerprint density at radius 1 is 1.19 bits per heavy atom. The molecule has 0 radical (unpaired) electrons. The summed E-state index contributed by atoms with van der Waals surface area (Å²) in [5.41, 5.74) is 0.937. The van der Waals surface area contributed by atoms with Crippen LogP contribution in [-0.2, 0) is 10.3 Å². The van der Waals surface area contributed by atoms with E-state index >= 15 is 0 Å². The first-order valence-corrected chi connectivity index (χ1v) is 9.87. The van der Waals surface area contributed by atoms with Crippen molar-refractivity contribution in [2.75, 3.05) is 6.54 Å². The number of nitrogens with one attached hydrogen (secondary N) is 2. The molecule has 2 aromatic carbocycles. The van der Waals surface area contributed by atoms with Crippen molar-refractivity contribution >= 4 is 39.3 Å². The zero-order valence-corrected chi connectivity index (χ0v) is 16.9. The van der Waals surface area contributed by atoms with Crippen LogP contribution in [0.15, 0.2) is 46.9 Å². The molecule has 7 heteroatoms. The van der Waals surface area contributed by atoms with E-state index in [-0.39, 0.29) is 35.0 Å². The van der Waals surface area contributed by atoms with Crippen LogP contribution in [0.4, 0.5) is 4.39 Å². The maximum Gasteiger partial charge on any atom is 0.252 e. The van der Waals surface area contributed by atoms with Gasteiger partial charge in [-0.05, 0) is 55.2 Å². The highest BCUT2D eigenvalue weighted by Crippen LogP contribution is 2.41. The minimum atomic E-state index is -0.505. The Bertz CT molecular complexity index is 871. The average Bonchev–Trinajstić information content (AvgIpc) is 2.58. The van der Waals surface area contributed by atoms with E-state index < -0.39 is 11.7 Å². The van der Waals surface area contributed by atoms with Crippen LogP contribution in [0.25, 0.3) is 0 Å². The number of benzene rings is 2. The van der Waals surface area contributed by atoms with Gasteiger partial charge in [0.2, 0.25) is 5.91 Å². The Morgan fingerprint density at radius 2 is 1.96 bits per heavy atom. The van der Waals surface area contributed by atoms with Gasteiger partial charge in [0.05, 0.1) is 16.1 Å². The van der Waals surface area contributed by atoms with Gasteiger partial charge in [-0.25, -0.2) is 4.39 Å². The minimum absolute atomic E-state index is 0.0417. The lowest BCUT2D eigenvalue weighted by Crippen LogP contribution is -2.51. The highest BCUT2D eigenvalue weighted by atomic mass is 79.9. The Labute approximate surface area is 170 Å². The van der Waals surface area contributed by atoms with Crippen molar-refractivity contribution in [3.05, 3.63) is 68.9 Å². The second-order valence-corrected chi connectivity index (χ2v) is 7.95. The molecular weight excluding hydrogens is 435 g/mol. The van der Waals surface area contributed by atoms with Gasteiger partial charge in [-0.2, -0.15) is 0 Å². The molecule has 0 spiro atoms. The molecule has 0 bridgehead atoms. The number of amides is 2. The molecule has 2 N–H and O–H groups in total. The second-order valence-electron chi connectivity index (χ2n) is 6.62. The third kappa shape index (κ3) is 4.68. The Morgan fingerprint density at radius 3 is 2.59 bits per heavy atom.